The summed E-state index contributed by atoms with van der Waals surface area (Å²) in [7, 11) is 0. The summed E-state index contributed by atoms with van der Waals surface area (Å²) in [4.78, 5) is 19.3. The standard InChI is InChI=1S/C24H29FN2OS/c25-12-15-27-20-7-3-5-18-6-4-11-24(22(18)20,23(27)28)10-1-2-13-26-14-8-21-19(17-26)9-16-29-21/h3,5,7,9,16H,1-2,4,6,8,10-15,17H2/i25-1. The van der Waals surface area contributed by atoms with Crippen molar-refractivity contribution in [2.24, 2.45) is 0 Å². The lowest BCUT2D eigenvalue weighted by Crippen LogP contribution is -2.42. The number of alkyl halides is 1. The monoisotopic (exact) mass is 411 g/mol. The van der Waals surface area contributed by atoms with Gasteiger partial charge in [-0.05, 0) is 79.3 Å². The fourth-order valence-electron chi connectivity index (χ4n) is 5.78. The van der Waals surface area contributed by atoms with E-state index in [1.807, 2.05) is 23.5 Å². The zero-order valence-corrected chi connectivity index (χ0v) is 17.8. The number of thiophene rings is 1. The number of halogens is 1. The molecule has 1 aromatic heterocycles. The Morgan fingerprint density at radius 2 is 2.03 bits per heavy atom. The second-order valence-electron chi connectivity index (χ2n) is 8.74. The highest BCUT2D eigenvalue weighted by Gasteiger charge is 2.52. The lowest BCUT2D eigenvalue weighted by Gasteiger charge is -2.34. The van der Waals surface area contributed by atoms with Crippen LogP contribution < -0.4 is 4.90 Å². The van der Waals surface area contributed by atoms with Crippen LogP contribution in [0.5, 0.6) is 0 Å². The van der Waals surface area contributed by atoms with Gasteiger partial charge in [0, 0.05) is 23.7 Å². The minimum Gasteiger partial charge on any atom is -0.309 e. The maximum atomic E-state index is 13.4. The minimum absolute atomic E-state index is 0.151. The Morgan fingerprint density at radius 3 is 2.93 bits per heavy atom. The minimum atomic E-state index is -0.481. The van der Waals surface area contributed by atoms with Gasteiger partial charge in [-0.1, -0.05) is 18.6 Å². The van der Waals surface area contributed by atoms with E-state index in [9.17, 15) is 9.18 Å². The predicted octanol–water partition coefficient (Wildman–Crippen LogP) is 4.87. The summed E-state index contributed by atoms with van der Waals surface area (Å²) in [5, 5.41) is 2.21. The molecule has 5 rings (SSSR count). The molecule has 0 bridgehead atoms. The van der Waals surface area contributed by atoms with Crippen molar-refractivity contribution in [2.75, 3.05) is 31.2 Å². The van der Waals surface area contributed by atoms with E-state index in [1.54, 1.807) is 9.78 Å². The van der Waals surface area contributed by atoms with E-state index in [0.717, 1.165) is 63.8 Å². The number of carbonyl (C=O) groups is 1. The molecule has 0 fully saturated rings. The molecule has 1 atom stereocenters. The number of nitrogens with zero attached hydrogens (tertiary/aromatic N) is 2. The first kappa shape index (κ1) is 19.3. The molecule has 1 aromatic carbocycles. The smallest absolute Gasteiger partial charge is 0.237 e. The second kappa shape index (κ2) is 7.84. The lowest BCUT2D eigenvalue weighted by atomic mass is 9.68. The van der Waals surface area contributed by atoms with Crippen LogP contribution in [0.2, 0.25) is 0 Å². The molecule has 2 aromatic rings. The van der Waals surface area contributed by atoms with Gasteiger partial charge in [-0.2, -0.15) is 0 Å². The highest BCUT2D eigenvalue weighted by Crippen LogP contribution is 2.52. The molecule has 154 valence electrons. The first-order valence-corrected chi connectivity index (χ1v) is 11.9. The van der Waals surface area contributed by atoms with Gasteiger partial charge in [0.15, 0.2) is 0 Å². The Balaban J connectivity index is 1.27. The van der Waals surface area contributed by atoms with Crippen LogP contribution in [-0.4, -0.2) is 37.1 Å². The number of rotatable bonds is 7. The quantitative estimate of drug-likeness (QED) is 0.607. The van der Waals surface area contributed by atoms with Crippen LogP contribution in [-0.2, 0) is 29.6 Å². The molecule has 1 unspecified atom stereocenters. The zero-order valence-electron chi connectivity index (χ0n) is 17.0. The summed E-state index contributed by atoms with van der Waals surface area (Å²) in [6.07, 6.45) is 7.25. The molecule has 29 heavy (non-hydrogen) atoms. The van der Waals surface area contributed by atoms with Gasteiger partial charge >= 0.3 is 0 Å². The number of aryl methyl sites for hydroxylation is 1. The third kappa shape index (κ3) is 3.23. The highest BCUT2D eigenvalue weighted by atomic mass is 32.1. The van der Waals surface area contributed by atoms with Crippen molar-refractivity contribution in [2.45, 2.75) is 56.9 Å². The topological polar surface area (TPSA) is 23.6 Å². The van der Waals surface area contributed by atoms with E-state index in [4.69, 9.17) is 0 Å². The third-order valence-corrected chi connectivity index (χ3v) is 8.15. The number of carbonyl (C=O) groups excluding carboxylic acids is 1. The Kier molecular flexibility index (Phi) is 5.21. The Bertz CT molecular complexity index is 910. The third-order valence-electron chi connectivity index (χ3n) is 7.13. The summed E-state index contributed by atoms with van der Waals surface area (Å²) >= 11 is 1.89. The largest absolute Gasteiger partial charge is 0.309 e. The normalized spacial score (nSPS) is 23.3. The number of amides is 1. The van der Waals surface area contributed by atoms with Gasteiger partial charge in [0.1, 0.15) is 6.67 Å². The molecule has 0 N–H and O–H groups in total. The number of fused-ring (bicyclic) bond motifs is 1. The van der Waals surface area contributed by atoms with E-state index in [1.165, 1.54) is 23.1 Å². The molecule has 3 nitrogen and oxygen atoms in total. The summed E-state index contributed by atoms with van der Waals surface area (Å²) in [5.41, 5.74) is 4.61. The molecule has 2 aliphatic heterocycles. The second-order valence-corrected chi connectivity index (χ2v) is 9.75. The van der Waals surface area contributed by atoms with Gasteiger partial charge in [-0.3, -0.25) is 9.69 Å². The summed E-state index contributed by atoms with van der Waals surface area (Å²) in [5.74, 6) is 0.151. The molecule has 3 heterocycles. The van der Waals surface area contributed by atoms with Crippen molar-refractivity contribution in [1.82, 2.24) is 4.90 Å². The summed E-state index contributed by atoms with van der Waals surface area (Å²) in [6.45, 7) is 3.02. The average molecular weight is 412 g/mol. The molecule has 1 aliphatic carbocycles. The first-order valence-electron chi connectivity index (χ1n) is 11.0. The Labute approximate surface area is 176 Å². The molecule has 0 radical (unpaired) electrons. The molecule has 5 heteroatoms. The van der Waals surface area contributed by atoms with Crippen LogP contribution in [0.3, 0.4) is 0 Å². The Morgan fingerprint density at radius 1 is 1.10 bits per heavy atom. The van der Waals surface area contributed by atoms with Crippen molar-refractivity contribution in [3.63, 3.8) is 0 Å². The van der Waals surface area contributed by atoms with Crippen LogP contribution in [0.1, 0.15) is 53.7 Å². The van der Waals surface area contributed by atoms with Crippen LogP contribution in [0.25, 0.3) is 0 Å². The van der Waals surface area contributed by atoms with Gasteiger partial charge in [-0.15, -0.1) is 11.3 Å². The molecular weight excluding hydrogens is 382 g/mol. The molecule has 0 saturated heterocycles. The van der Waals surface area contributed by atoms with Gasteiger partial charge < -0.3 is 4.90 Å². The van der Waals surface area contributed by atoms with Crippen molar-refractivity contribution < 1.29 is 9.18 Å². The highest BCUT2D eigenvalue weighted by molar-refractivity contribution is 7.10. The zero-order chi connectivity index (χ0) is 19.8. The van der Waals surface area contributed by atoms with E-state index >= 15 is 0 Å². The first-order chi connectivity index (χ1) is 14.2. The number of unbranched alkanes of at least 4 members (excludes halogenated alkanes) is 1. The lowest BCUT2D eigenvalue weighted by molar-refractivity contribution is -0.124. The van der Waals surface area contributed by atoms with Crippen LogP contribution in [0.4, 0.5) is 10.1 Å². The fraction of sp³-hybridized carbons (Fsp3) is 0.542. The number of hydrogen-bond donors (Lipinski definition) is 0. The summed E-state index contributed by atoms with van der Waals surface area (Å²) < 4.78 is 13.2. The molecular formula is C24H29FN2OS. The van der Waals surface area contributed by atoms with Crippen LogP contribution in [0, 0.1) is 0 Å². The molecule has 0 spiro atoms. The summed E-state index contributed by atoms with van der Waals surface area (Å²) in [6, 6.07) is 8.49. The SMILES string of the molecule is O=C1N(CC[18F])c2cccc3c2C1(CCCCN1CCc2sccc2C1)CCC3. The maximum absolute atomic E-state index is 13.4. The van der Waals surface area contributed by atoms with E-state index in [-0.39, 0.29) is 12.5 Å². The fourth-order valence-corrected chi connectivity index (χ4v) is 6.67. The number of benzene rings is 1. The molecule has 1 amide bonds. The van der Waals surface area contributed by atoms with Crippen molar-refractivity contribution in [1.29, 1.82) is 0 Å². The van der Waals surface area contributed by atoms with Crippen molar-refractivity contribution in [3.8, 4) is 0 Å². The number of anilines is 1. The number of hydrogen-bond acceptors (Lipinski definition) is 3. The van der Waals surface area contributed by atoms with Crippen molar-refractivity contribution in [3.05, 3.63) is 51.2 Å². The maximum Gasteiger partial charge on any atom is 0.237 e. The van der Waals surface area contributed by atoms with Crippen molar-refractivity contribution >= 4 is 22.9 Å². The molecule has 0 saturated carbocycles. The van der Waals surface area contributed by atoms with Gasteiger partial charge in [-0.25, -0.2) is 4.39 Å². The van der Waals surface area contributed by atoms with E-state index in [2.05, 4.69) is 22.4 Å². The Hall–Kier alpha value is -1.72. The van der Waals surface area contributed by atoms with E-state index in [0.29, 0.717) is 0 Å². The van der Waals surface area contributed by atoms with Gasteiger partial charge in [0.05, 0.1) is 12.0 Å². The van der Waals surface area contributed by atoms with Crippen LogP contribution >= 0.6 is 11.3 Å². The van der Waals surface area contributed by atoms with Gasteiger partial charge in [0.25, 0.3) is 0 Å². The van der Waals surface area contributed by atoms with Crippen LogP contribution in [0.15, 0.2) is 29.6 Å². The van der Waals surface area contributed by atoms with Gasteiger partial charge in [0.2, 0.25) is 5.91 Å². The van der Waals surface area contributed by atoms with E-state index < -0.39 is 12.1 Å². The predicted molar refractivity (Wildman–Crippen MR) is 117 cm³/mol. The average Bonchev–Trinajstić information content (AvgIpc) is 3.30. The molecule has 3 aliphatic rings.